The molecule has 0 aromatic heterocycles. The number of likely N-dealkylation sites (N-methyl/N-ethyl adjacent to an activating group) is 1. The van der Waals surface area contributed by atoms with Crippen LogP contribution in [-0.4, -0.2) is 46.5 Å². The number of anilines is 1. The van der Waals surface area contributed by atoms with Crippen LogP contribution >= 0.6 is 0 Å². The van der Waals surface area contributed by atoms with Crippen LogP contribution in [0, 0.1) is 0 Å². The fourth-order valence-corrected chi connectivity index (χ4v) is 3.60. The number of nitrogens with zero attached hydrogens (tertiary/aromatic N) is 1. The summed E-state index contributed by atoms with van der Waals surface area (Å²) in [6, 6.07) is 6.77. The van der Waals surface area contributed by atoms with Gasteiger partial charge >= 0.3 is 0 Å². The maximum atomic E-state index is 12.3. The van der Waals surface area contributed by atoms with Gasteiger partial charge in [-0.05, 0) is 57.6 Å². The quantitative estimate of drug-likeness (QED) is 0.835. The van der Waals surface area contributed by atoms with E-state index in [1.165, 1.54) is 0 Å². The van der Waals surface area contributed by atoms with Crippen molar-refractivity contribution in [3.63, 3.8) is 0 Å². The average Bonchev–Trinajstić information content (AvgIpc) is 2.37. The third kappa shape index (κ3) is 2.97. The lowest BCUT2D eigenvalue weighted by molar-refractivity contribution is 0.0657. The number of rotatable bonds is 6. The fraction of sp³-hybridized carbons (Fsp3) is 0.571. The molecule has 0 bridgehead atoms. The topological polar surface area (TPSA) is 61.4 Å². The highest BCUT2D eigenvalue weighted by atomic mass is 32.2. The van der Waals surface area contributed by atoms with E-state index in [9.17, 15) is 8.42 Å². The summed E-state index contributed by atoms with van der Waals surface area (Å²) in [5.74, 6) is 0. The zero-order valence-electron chi connectivity index (χ0n) is 12.3. The molecule has 1 fully saturated rings. The van der Waals surface area contributed by atoms with Crippen molar-refractivity contribution in [2.24, 2.45) is 0 Å². The van der Waals surface area contributed by atoms with Crippen LogP contribution in [0.2, 0.25) is 0 Å². The number of sulfonamides is 1. The van der Waals surface area contributed by atoms with E-state index in [1.807, 2.05) is 14.1 Å². The normalized spacial score (nSPS) is 17.8. The van der Waals surface area contributed by atoms with Crippen LogP contribution in [0.25, 0.3) is 0 Å². The molecule has 1 aromatic rings. The Hall–Kier alpha value is -1.11. The van der Waals surface area contributed by atoms with Gasteiger partial charge in [0.05, 0.1) is 4.90 Å². The summed E-state index contributed by atoms with van der Waals surface area (Å²) >= 11 is 0. The lowest BCUT2D eigenvalue weighted by atomic mass is 9.76. The van der Waals surface area contributed by atoms with E-state index >= 15 is 0 Å². The molecule has 0 amide bonds. The van der Waals surface area contributed by atoms with Crippen LogP contribution in [0.15, 0.2) is 29.2 Å². The zero-order chi connectivity index (χ0) is 14.8. The SMILES string of the molecule is CNc1ccc(S(=O)(=O)NCC2(N(C)C)CCC2)cc1. The lowest BCUT2D eigenvalue weighted by Gasteiger charge is -2.47. The molecule has 1 aliphatic carbocycles. The smallest absolute Gasteiger partial charge is 0.240 e. The fourth-order valence-electron chi connectivity index (χ4n) is 2.48. The van der Waals surface area contributed by atoms with E-state index < -0.39 is 10.0 Å². The zero-order valence-corrected chi connectivity index (χ0v) is 13.1. The third-order valence-electron chi connectivity index (χ3n) is 4.28. The summed E-state index contributed by atoms with van der Waals surface area (Å²) in [5, 5.41) is 2.97. The molecule has 0 saturated heterocycles. The second-order valence-corrected chi connectivity index (χ2v) is 7.34. The maximum Gasteiger partial charge on any atom is 0.240 e. The first-order valence-corrected chi connectivity index (χ1v) is 8.33. The van der Waals surface area contributed by atoms with Gasteiger partial charge in [-0.15, -0.1) is 0 Å². The summed E-state index contributed by atoms with van der Waals surface area (Å²) in [7, 11) is 2.39. The largest absolute Gasteiger partial charge is 0.388 e. The van der Waals surface area contributed by atoms with Crippen molar-refractivity contribution in [1.82, 2.24) is 9.62 Å². The first-order chi connectivity index (χ1) is 9.39. The van der Waals surface area contributed by atoms with E-state index in [0.29, 0.717) is 11.4 Å². The molecule has 0 unspecified atom stereocenters. The van der Waals surface area contributed by atoms with Crippen molar-refractivity contribution in [2.45, 2.75) is 29.7 Å². The summed E-state index contributed by atoms with van der Waals surface area (Å²) < 4.78 is 27.3. The minimum Gasteiger partial charge on any atom is -0.388 e. The Balaban J connectivity index is 2.07. The van der Waals surface area contributed by atoms with Gasteiger partial charge in [-0.1, -0.05) is 0 Å². The van der Waals surface area contributed by atoms with Crippen LogP contribution in [0.4, 0.5) is 5.69 Å². The highest BCUT2D eigenvalue weighted by Gasteiger charge is 2.39. The number of hydrogen-bond acceptors (Lipinski definition) is 4. The molecule has 112 valence electrons. The van der Waals surface area contributed by atoms with Crippen LogP contribution in [-0.2, 0) is 10.0 Å². The van der Waals surface area contributed by atoms with Crippen molar-refractivity contribution in [2.75, 3.05) is 33.0 Å². The van der Waals surface area contributed by atoms with Gasteiger partial charge in [0.2, 0.25) is 10.0 Å². The van der Waals surface area contributed by atoms with Gasteiger partial charge in [0.1, 0.15) is 0 Å². The summed E-state index contributed by atoms with van der Waals surface area (Å²) in [5.41, 5.74) is 0.880. The molecule has 2 N–H and O–H groups in total. The molecule has 0 heterocycles. The predicted molar refractivity (Wildman–Crippen MR) is 81.4 cm³/mol. The molecular formula is C14H23N3O2S. The van der Waals surface area contributed by atoms with Gasteiger partial charge in [0, 0.05) is 24.8 Å². The minimum absolute atomic E-state index is 0.0159. The number of benzene rings is 1. The summed E-state index contributed by atoms with van der Waals surface area (Å²) in [4.78, 5) is 2.44. The summed E-state index contributed by atoms with van der Waals surface area (Å²) in [6.07, 6.45) is 3.25. The monoisotopic (exact) mass is 297 g/mol. The van der Waals surface area contributed by atoms with Crippen LogP contribution in [0.1, 0.15) is 19.3 Å². The Morgan fingerprint density at radius 2 is 1.80 bits per heavy atom. The van der Waals surface area contributed by atoms with Gasteiger partial charge in [-0.3, -0.25) is 0 Å². The van der Waals surface area contributed by atoms with Gasteiger partial charge in [0.25, 0.3) is 0 Å². The molecule has 1 aliphatic rings. The van der Waals surface area contributed by atoms with Crippen molar-refractivity contribution >= 4 is 15.7 Å². The molecule has 0 spiro atoms. The van der Waals surface area contributed by atoms with Gasteiger partial charge in [-0.2, -0.15) is 0 Å². The Morgan fingerprint density at radius 3 is 2.20 bits per heavy atom. The van der Waals surface area contributed by atoms with Crippen molar-refractivity contribution in [3.05, 3.63) is 24.3 Å². The van der Waals surface area contributed by atoms with Crippen molar-refractivity contribution in [3.8, 4) is 0 Å². The Bertz CT molecular complexity index is 548. The molecular weight excluding hydrogens is 274 g/mol. The van der Waals surface area contributed by atoms with E-state index in [2.05, 4.69) is 14.9 Å². The number of hydrogen-bond donors (Lipinski definition) is 2. The molecule has 0 radical (unpaired) electrons. The molecule has 0 aliphatic heterocycles. The second-order valence-electron chi connectivity index (χ2n) is 5.57. The first kappa shape index (κ1) is 15.3. The Kier molecular flexibility index (Phi) is 4.36. The highest BCUT2D eigenvalue weighted by molar-refractivity contribution is 7.89. The van der Waals surface area contributed by atoms with Crippen molar-refractivity contribution in [1.29, 1.82) is 0 Å². The molecule has 20 heavy (non-hydrogen) atoms. The van der Waals surface area contributed by atoms with E-state index in [0.717, 1.165) is 24.9 Å². The first-order valence-electron chi connectivity index (χ1n) is 6.85. The van der Waals surface area contributed by atoms with Gasteiger partial charge in [0.15, 0.2) is 0 Å². The Labute approximate surface area is 121 Å². The lowest BCUT2D eigenvalue weighted by Crippen LogP contribution is -2.57. The van der Waals surface area contributed by atoms with Gasteiger partial charge in [-0.25, -0.2) is 13.1 Å². The summed E-state index contributed by atoms with van der Waals surface area (Å²) in [6.45, 7) is 0.468. The van der Waals surface area contributed by atoms with Crippen LogP contribution in [0.3, 0.4) is 0 Å². The molecule has 1 saturated carbocycles. The highest BCUT2D eigenvalue weighted by Crippen LogP contribution is 2.35. The molecule has 5 nitrogen and oxygen atoms in total. The van der Waals surface area contributed by atoms with Crippen LogP contribution in [0.5, 0.6) is 0 Å². The van der Waals surface area contributed by atoms with E-state index in [1.54, 1.807) is 31.3 Å². The molecule has 0 atom stereocenters. The molecule has 1 aromatic carbocycles. The predicted octanol–water partition coefficient (Wildman–Crippen LogP) is 1.49. The van der Waals surface area contributed by atoms with Gasteiger partial charge < -0.3 is 10.2 Å². The molecule has 2 rings (SSSR count). The van der Waals surface area contributed by atoms with E-state index in [4.69, 9.17) is 0 Å². The average molecular weight is 297 g/mol. The Morgan fingerprint density at radius 1 is 1.20 bits per heavy atom. The minimum atomic E-state index is -3.43. The second kappa shape index (κ2) is 5.71. The van der Waals surface area contributed by atoms with Crippen molar-refractivity contribution < 1.29 is 8.42 Å². The third-order valence-corrected chi connectivity index (χ3v) is 5.69. The maximum absolute atomic E-state index is 12.3. The van der Waals surface area contributed by atoms with Crippen LogP contribution < -0.4 is 10.0 Å². The molecule has 6 heteroatoms. The number of nitrogens with one attached hydrogen (secondary N) is 2. The van der Waals surface area contributed by atoms with E-state index in [-0.39, 0.29) is 5.54 Å². The standard InChI is InChI=1S/C14H23N3O2S/c1-15-12-5-7-13(8-6-12)20(18,19)16-11-14(17(2)3)9-4-10-14/h5-8,15-16H,4,9-11H2,1-3H3.